The van der Waals surface area contributed by atoms with E-state index < -0.39 is 0 Å². The van der Waals surface area contributed by atoms with Gasteiger partial charge in [-0.2, -0.15) is 0 Å². The number of amides is 2. The first-order chi connectivity index (χ1) is 14.8. The number of hydrogen-bond acceptors (Lipinski definition) is 5. The first kappa shape index (κ1) is 21.1. The molecular weight excluding hydrogens is 392 g/mol. The number of morpholine rings is 1. The van der Waals surface area contributed by atoms with E-state index in [-0.39, 0.29) is 24.0 Å². The van der Waals surface area contributed by atoms with Crippen molar-refractivity contribution in [2.24, 2.45) is 0 Å². The number of methoxy groups -OCH3 is 1. The lowest BCUT2D eigenvalue weighted by molar-refractivity contribution is -0.121. The quantitative estimate of drug-likeness (QED) is 0.706. The maximum atomic E-state index is 13.8. The van der Waals surface area contributed by atoms with Crippen molar-refractivity contribution in [3.05, 3.63) is 64.9 Å². The maximum Gasteiger partial charge on any atom is 0.282 e. The molecule has 2 aliphatic heterocycles. The molecule has 0 aromatic heterocycles. The topological polar surface area (TPSA) is 59.1 Å². The smallest absolute Gasteiger partial charge is 0.282 e. The molecule has 2 unspecified atom stereocenters. The molecule has 0 N–H and O–H groups in total. The predicted octanol–water partition coefficient (Wildman–Crippen LogP) is 3.71. The van der Waals surface area contributed by atoms with E-state index in [0.717, 1.165) is 11.1 Å². The number of nitrogens with zero attached hydrogens (tertiary/aromatic N) is 2. The van der Waals surface area contributed by atoms with Crippen molar-refractivity contribution in [2.75, 3.05) is 25.1 Å². The number of aryl methyl sites for hydroxylation is 2. The minimum Gasteiger partial charge on any atom is -0.496 e. The summed E-state index contributed by atoms with van der Waals surface area (Å²) in [6.07, 6.45) is -0.0959. The largest absolute Gasteiger partial charge is 0.496 e. The SMILES string of the molecule is COc1ccccc1C1=C(N2CC(C)OC(C)C2)C(=O)N(c2ccc(C)cc2C)C1=O. The van der Waals surface area contributed by atoms with Gasteiger partial charge in [0.15, 0.2) is 0 Å². The fourth-order valence-electron chi connectivity index (χ4n) is 4.54. The average molecular weight is 421 g/mol. The van der Waals surface area contributed by atoms with Crippen LogP contribution in [0.5, 0.6) is 5.75 Å². The third-order valence-electron chi connectivity index (χ3n) is 5.76. The van der Waals surface area contributed by atoms with Gasteiger partial charge in [-0.25, -0.2) is 4.90 Å². The van der Waals surface area contributed by atoms with Crippen LogP contribution in [0.15, 0.2) is 48.2 Å². The number of ether oxygens (including phenoxy) is 2. The molecule has 2 heterocycles. The number of imide groups is 1. The summed E-state index contributed by atoms with van der Waals surface area (Å²) in [5.74, 6) is -0.0737. The molecule has 0 spiro atoms. The zero-order valence-corrected chi connectivity index (χ0v) is 18.6. The first-order valence-corrected chi connectivity index (χ1v) is 10.6. The Morgan fingerprint density at radius 2 is 1.65 bits per heavy atom. The van der Waals surface area contributed by atoms with Gasteiger partial charge in [0.1, 0.15) is 11.4 Å². The van der Waals surface area contributed by atoms with Crippen molar-refractivity contribution in [3.8, 4) is 5.75 Å². The van der Waals surface area contributed by atoms with Crippen molar-refractivity contribution in [1.29, 1.82) is 0 Å². The minimum atomic E-state index is -0.330. The Morgan fingerprint density at radius 3 is 2.29 bits per heavy atom. The Morgan fingerprint density at radius 1 is 0.968 bits per heavy atom. The summed E-state index contributed by atoms with van der Waals surface area (Å²) in [6, 6.07) is 13.1. The molecule has 0 saturated carbocycles. The fourth-order valence-corrected chi connectivity index (χ4v) is 4.54. The molecule has 31 heavy (non-hydrogen) atoms. The van der Waals surface area contributed by atoms with Gasteiger partial charge in [-0.05, 0) is 45.4 Å². The summed E-state index contributed by atoms with van der Waals surface area (Å²) in [7, 11) is 1.57. The Bertz CT molecular complexity index is 1060. The van der Waals surface area contributed by atoms with E-state index in [1.165, 1.54) is 4.90 Å². The highest BCUT2D eigenvalue weighted by atomic mass is 16.5. The van der Waals surface area contributed by atoms with E-state index in [2.05, 4.69) is 0 Å². The highest BCUT2D eigenvalue weighted by Gasteiger charge is 2.45. The van der Waals surface area contributed by atoms with Crippen LogP contribution in [0.3, 0.4) is 0 Å². The molecule has 1 fully saturated rings. The van der Waals surface area contributed by atoms with Crippen LogP contribution in [-0.4, -0.2) is 49.1 Å². The molecule has 2 aliphatic rings. The Balaban J connectivity index is 1.89. The lowest BCUT2D eigenvalue weighted by Crippen LogP contribution is -2.47. The number of para-hydroxylation sites is 1. The lowest BCUT2D eigenvalue weighted by Gasteiger charge is -2.37. The summed E-state index contributed by atoms with van der Waals surface area (Å²) < 4.78 is 11.4. The van der Waals surface area contributed by atoms with Crippen LogP contribution in [0.4, 0.5) is 5.69 Å². The molecule has 162 valence electrons. The van der Waals surface area contributed by atoms with Crippen LogP contribution in [0.1, 0.15) is 30.5 Å². The molecule has 4 rings (SSSR count). The Kier molecular flexibility index (Phi) is 5.58. The van der Waals surface area contributed by atoms with Gasteiger partial charge in [0, 0.05) is 18.7 Å². The van der Waals surface area contributed by atoms with Gasteiger partial charge < -0.3 is 14.4 Å². The van der Waals surface area contributed by atoms with Gasteiger partial charge in [-0.1, -0.05) is 35.9 Å². The van der Waals surface area contributed by atoms with E-state index in [1.807, 2.05) is 75.1 Å². The van der Waals surface area contributed by atoms with Gasteiger partial charge in [0.25, 0.3) is 11.8 Å². The standard InChI is InChI=1S/C25H28N2O4/c1-15-10-11-20(16(2)12-15)27-24(28)22(19-8-6-7-9-21(19)30-5)23(25(27)29)26-13-17(3)31-18(4)14-26/h6-12,17-18H,13-14H2,1-5H3. The monoisotopic (exact) mass is 420 g/mol. The minimum absolute atomic E-state index is 0.0479. The van der Waals surface area contributed by atoms with Gasteiger partial charge in [0.2, 0.25) is 0 Å². The second-order valence-electron chi connectivity index (χ2n) is 8.32. The third kappa shape index (κ3) is 3.72. The third-order valence-corrected chi connectivity index (χ3v) is 5.76. The molecule has 0 radical (unpaired) electrons. The molecule has 2 aromatic carbocycles. The summed E-state index contributed by atoms with van der Waals surface area (Å²) in [5, 5.41) is 0. The van der Waals surface area contributed by atoms with E-state index >= 15 is 0 Å². The van der Waals surface area contributed by atoms with E-state index in [1.54, 1.807) is 7.11 Å². The highest BCUT2D eigenvalue weighted by molar-refractivity contribution is 6.45. The molecule has 2 amide bonds. The van der Waals surface area contributed by atoms with Gasteiger partial charge in [-0.15, -0.1) is 0 Å². The normalized spacial score (nSPS) is 21.8. The fraction of sp³-hybridized carbons (Fsp3) is 0.360. The van der Waals surface area contributed by atoms with Crippen LogP contribution in [0.25, 0.3) is 5.57 Å². The Hall–Kier alpha value is -3.12. The van der Waals surface area contributed by atoms with Crippen LogP contribution in [0, 0.1) is 13.8 Å². The summed E-state index contributed by atoms with van der Waals surface area (Å²) >= 11 is 0. The van der Waals surface area contributed by atoms with E-state index in [9.17, 15) is 9.59 Å². The van der Waals surface area contributed by atoms with Crippen LogP contribution in [0.2, 0.25) is 0 Å². The first-order valence-electron chi connectivity index (χ1n) is 10.6. The molecule has 0 bridgehead atoms. The second-order valence-corrected chi connectivity index (χ2v) is 8.32. The van der Waals surface area contributed by atoms with Crippen LogP contribution >= 0.6 is 0 Å². The van der Waals surface area contributed by atoms with Crippen molar-refractivity contribution >= 4 is 23.1 Å². The highest BCUT2D eigenvalue weighted by Crippen LogP contribution is 2.39. The summed E-state index contributed by atoms with van der Waals surface area (Å²) in [4.78, 5) is 30.8. The van der Waals surface area contributed by atoms with Gasteiger partial charge in [-0.3, -0.25) is 9.59 Å². The molecule has 1 saturated heterocycles. The predicted molar refractivity (Wildman–Crippen MR) is 120 cm³/mol. The Labute approximate surface area is 183 Å². The maximum absolute atomic E-state index is 13.8. The van der Waals surface area contributed by atoms with Crippen molar-refractivity contribution in [3.63, 3.8) is 0 Å². The molecule has 6 nitrogen and oxygen atoms in total. The number of rotatable bonds is 4. The molecule has 2 aromatic rings. The molecular formula is C25H28N2O4. The van der Waals surface area contributed by atoms with Gasteiger partial charge in [0.05, 0.1) is 30.6 Å². The average Bonchev–Trinajstić information content (AvgIpc) is 2.97. The van der Waals surface area contributed by atoms with Crippen molar-refractivity contribution in [2.45, 2.75) is 39.9 Å². The number of carbonyl (C=O) groups excluding carboxylic acids is 2. The second kappa shape index (κ2) is 8.19. The summed E-state index contributed by atoms with van der Waals surface area (Å²) in [6.45, 7) is 8.95. The summed E-state index contributed by atoms with van der Waals surface area (Å²) in [5.41, 5.74) is 3.98. The molecule has 0 aliphatic carbocycles. The van der Waals surface area contributed by atoms with Crippen LogP contribution < -0.4 is 9.64 Å². The van der Waals surface area contributed by atoms with Crippen molar-refractivity contribution < 1.29 is 19.1 Å². The van der Waals surface area contributed by atoms with E-state index in [4.69, 9.17) is 9.47 Å². The zero-order chi connectivity index (χ0) is 22.3. The molecule has 2 atom stereocenters. The zero-order valence-electron chi connectivity index (χ0n) is 18.6. The van der Waals surface area contributed by atoms with Gasteiger partial charge >= 0.3 is 0 Å². The van der Waals surface area contributed by atoms with E-state index in [0.29, 0.717) is 41.4 Å². The van der Waals surface area contributed by atoms with Crippen LogP contribution in [-0.2, 0) is 14.3 Å². The number of carbonyl (C=O) groups is 2. The number of benzene rings is 2. The lowest BCUT2D eigenvalue weighted by atomic mass is 10.0. The molecule has 6 heteroatoms. The van der Waals surface area contributed by atoms with Crippen molar-refractivity contribution in [1.82, 2.24) is 4.90 Å². The number of hydrogen-bond donors (Lipinski definition) is 0. The number of anilines is 1.